The van der Waals surface area contributed by atoms with E-state index in [4.69, 9.17) is 10.2 Å². The Morgan fingerprint density at radius 3 is 1.47 bits per heavy atom. The number of unbranched alkanes of at least 4 members (excludes halogenated alkanes) is 13. The first-order valence-electron chi connectivity index (χ1n) is 12.4. The molecule has 0 fully saturated rings. The lowest BCUT2D eigenvalue weighted by molar-refractivity contribution is -0.909. The molecule has 0 saturated heterocycles. The van der Waals surface area contributed by atoms with E-state index in [1.807, 2.05) is 0 Å². The predicted octanol–water partition coefficient (Wildman–Crippen LogP) is 4.15. The molecule has 0 rings (SSSR count). The molecule has 2 N–H and O–H groups in total. The third-order valence-electron chi connectivity index (χ3n) is 5.80. The number of carbonyl (C=O) groups is 3. The minimum atomic E-state index is -1.43. The average molecular weight is 456 g/mol. The van der Waals surface area contributed by atoms with Crippen LogP contribution in [-0.4, -0.2) is 58.8 Å². The molecule has 0 heterocycles. The van der Waals surface area contributed by atoms with Gasteiger partial charge in [-0.15, -0.1) is 0 Å². The third-order valence-corrected chi connectivity index (χ3v) is 5.80. The molecule has 0 bridgehead atoms. The van der Waals surface area contributed by atoms with Gasteiger partial charge in [0, 0.05) is 0 Å². The van der Waals surface area contributed by atoms with E-state index in [2.05, 4.69) is 19.1 Å². The van der Waals surface area contributed by atoms with Crippen molar-refractivity contribution in [3.8, 4) is 0 Å². The summed E-state index contributed by atoms with van der Waals surface area (Å²) in [5.41, 5.74) is 0. The smallest absolute Gasteiger partial charge is 0.359 e. The van der Waals surface area contributed by atoms with Crippen molar-refractivity contribution >= 4 is 17.9 Å². The third kappa shape index (κ3) is 18.8. The number of rotatable bonds is 23. The van der Waals surface area contributed by atoms with Gasteiger partial charge in [-0.3, -0.25) is 0 Å². The number of hydrogen-bond acceptors (Lipinski definition) is 4. The largest absolute Gasteiger partial charge is 0.544 e. The highest BCUT2D eigenvalue weighted by Gasteiger charge is 2.33. The van der Waals surface area contributed by atoms with Crippen molar-refractivity contribution in [2.75, 3.05) is 26.2 Å². The van der Waals surface area contributed by atoms with E-state index in [-0.39, 0.29) is 6.54 Å². The summed E-state index contributed by atoms with van der Waals surface area (Å²) < 4.78 is -0.518. The molecule has 7 nitrogen and oxygen atoms in total. The number of hydrogen-bond donors (Lipinski definition) is 2. The van der Waals surface area contributed by atoms with Gasteiger partial charge in [0.2, 0.25) is 0 Å². The van der Waals surface area contributed by atoms with Gasteiger partial charge < -0.3 is 24.6 Å². The van der Waals surface area contributed by atoms with Crippen molar-refractivity contribution in [3.05, 3.63) is 12.2 Å². The molecule has 0 aromatic carbocycles. The number of allylic oxidation sites excluding steroid dienone is 2. The zero-order valence-electron chi connectivity index (χ0n) is 20.1. The quantitative estimate of drug-likeness (QED) is 0.136. The summed E-state index contributed by atoms with van der Waals surface area (Å²) >= 11 is 0. The molecule has 32 heavy (non-hydrogen) atoms. The van der Waals surface area contributed by atoms with E-state index < -0.39 is 42.0 Å². The van der Waals surface area contributed by atoms with Crippen LogP contribution in [0.4, 0.5) is 0 Å². The van der Waals surface area contributed by atoms with Crippen LogP contribution in [0.1, 0.15) is 103 Å². The van der Waals surface area contributed by atoms with Crippen molar-refractivity contribution in [2.45, 2.75) is 103 Å². The monoisotopic (exact) mass is 455 g/mol. The zero-order chi connectivity index (χ0) is 24.1. The van der Waals surface area contributed by atoms with E-state index in [1.54, 1.807) is 0 Å². The highest BCUT2D eigenvalue weighted by Crippen LogP contribution is 2.13. The molecule has 0 spiro atoms. The highest BCUT2D eigenvalue weighted by molar-refractivity contribution is 5.72. The normalized spacial score (nSPS) is 11.8. The molecule has 0 amide bonds. The van der Waals surface area contributed by atoms with Crippen molar-refractivity contribution in [2.24, 2.45) is 0 Å². The second-order valence-electron chi connectivity index (χ2n) is 8.99. The molecule has 0 aliphatic carbocycles. The fourth-order valence-electron chi connectivity index (χ4n) is 4.12. The van der Waals surface area contributed by atoms with Crippen LogP contribution in [0, 0.1) is 0 Å². The van der Waals surface area contributed by atoms with Gasteiger partial charge in [-0.05, 0) is 32.1 Å². The lowest BCUT2D eigenvalue weighted by Crippen LogP contribution is -2.59. The number of quaternary nitrogens is 1. The van der Waals surface area contributed by atoms with Crippen molar-refractivity contribution < 1.29 is 34.2 Å². The molecule has 0 aromatic rings. The van der Waals surface area contributed by atoms with Crippen LogP contribution in [0.15, 0.2) is 12.2 Å². The molecule has 0 saturated carbocycles. The number of carboxylic acid groups (broad SMARTS) is 3. The summed E-state index contributed by atoms with van der Waals surface area (Å²) in [5, 5.41) is 29.2. The van der Waals surface area contributed by atoms with Crippen LogP contribution in [0.25, 0.3) is 0 Å². The second-order valence-corrected chi connectivity index (χ2v) is 8.99. The van der Waals surface area contributed by atoms with Gasteiger partial charge >= 0.3 is 11.9 Å². The van der Waals surface area contributed by atoms with Crippen LogP contribution < -0.4 is 5.11 Å². The Kier molecular flexibility index (Phi) is 18.6. The molecule has 0 aromatic heterocycles. The van der Waals surface area contributed by atoms with Gasteiger partial charge in [0.1, 0.15) is 6.54 Å². The molecule has 0 radical (unpaired) electrons. The fraction of sp³-hybridized carbons (Fsp3) is 0.800. The second kappa shape index (κ2) is 19.8. The Bertz CT molecular complexity index is 506. The van der Waals surface area contributed by atoms with Crippen molar-refractivity contribution in [3.63, 3.8) is 0 Å². The molecule has 186 valence electrons. The number of carbonyl (C=O) groups excluding carboxylic acids is 1. The Morgan fingerprint density at radius 1 is 0.656 bits per heavy atom. The summed E-state index contributed by atoms with van der Waals surface area (Å²) in [7, 11) is 0. The van der Waals surface area contributed by atoms with E-state index in [9.17, 15) is 19.5 Å². The van der Waals surface area contributed by atoms with Crippen LogP contribution >= 0.6 is 0 Å². The molecule has 0 unspecified atom stereocenters. The van der Waals surface area contributed by atoms with Crippen LogP contribution in [0.5, 0.6) is 0 Å². The highest BCUT2D eigenvalue weighted by atomic mass is 16.4. The molecule has 0 aliphatic rings. The molecular weight excluding hydrogens is 410 g/mol. The van der Waals surface area contributed by atoms with E-state index in [0.717, 1.165) is 19.3 Å². The lowest BCUT2D eigenvalue weighted by atomic mass is 10.1. The minimum Gasteiger partial charge on any atom is -0.544 e. The first-order chi connectivity index (χ1) is 15.3. The molecule has 0 aliphatic heterocycles. The average Bonchev–Trinajstić information content (AvgIpc) is 2.68. The van der Waals surface area contributed by atoms with Crippen LogP contribution in [0.2, 0.25) is 0 Å². The Morgan fingerprint density at radius 2 is 1.06 bits per heavy atom. The number of nitrogens with zero attached hydrogens (tertiary/aromatic N) is 1. The topological polar surface area (TPSA) is 115 Å². The maximum absolute atomic E-state index is 11.1. The van der Waals surface area contributed by atoms with E-state index >= 15 is 0 Å². The van der Waals surface area contributed by atoms with Gasteiger partial charge in [-0.2, -0.15) is 0 Å². The van der Waals surface area contributed by atoms with Crippen molar-refractivity contribution in [1.82, 2.24) is 0 Å². The standard InChI is InChI=1S/C25H45NO6/c1-2-3-4-5-6-7-8-9-10-11-12-13-14-15-16-17-18-19-26(20-23(27)28,21-24(29)30)22-25(31)32/h14-15H,2-13,16-22H2,1H3,(H2-,27,28,29,30,31,32)/b15-14+. The van der Waals surface area contributed by atoms with Crippen LogP contribution in [-0.2, 0) is 14.4 Å². The first-order valence-corrected chi connectivity index (χ1v) is 12.4. The minimum absolute atomic E-state index is 0.193. The van der Waals surface area contributed by atoms with Gasteiger partial charge in [-0.25, -0.2) is 9.59 Å². The first kappa shape index (κ1) is 30.1. The molecule has 7 heteroatoms. The van der Waals surface area contributed by atoms with E-state index in [1.165, 1.54) is 70.6 Å². The van der Waals surface area contributed by atoms with Gasteiger partial charge in [0.15, 0.2) is 13.1 Å². The SMILES string of the molecule is CCCCCCCCCCCCC/C=C/CCCC[N+](CC(=O)[O-])(CC(=O)O)CC(=O)O. The number of aliphatic carboxylic acids is 3. The predicted molar refractivity (Wildman–Crippen MR) is 124 cm³/mol. The van der Waals surface area contributed by atoms with Gasteiger partial charge in [-0.1, -0.05) is 83.3 Å². The maximum atomic E-state index is 11.1. The Hall–Kier alpha value is -1.89. The summed E-state index contributed by atoms with van der Waals surface area (Å²) in [6, 6.07) is 0. The Balaban J connectivity index is 3.89. The zero-order valence-corrected chi connectivity index (χ0v) is 20.1. The number of carboxylic acids is 3. The van der Waals surface area contributed by atoms with Crippen LogP contribution in [0.3, 0.4) is 0 Å². The summed E-state index contributed by atoms with van der Waals surface area (Å²) in [6.07, 6.45) is 22.1. The lowest BCUT2D eigenvalue weighted by Gasteiger charge is -2.36. The molecule has 0 atom stereocenters. The fourth-order valence-corrected chi connectivity index (χ4v) is 4.12. The maximum Gasteiger partial charge on any atom is 0.359 e. The summed E-state index contributed by atoms with van der Waals surface area (Å²) in [5.74, 6) is -3.85. The van der Waals surface area contributed by atoms with E-state index in [0.29, 0.717) is 6.42 Å². The summed E-state index contributed by atoms with van der Waals surface area (Å²) in [6.45, 7) is 0.770. The summed E-state index contributed by atoms with van der Waals surface area (Å²) in [4.78, 5) is 33.3. The van der Waals surface area contributed by atoms with Gasteiger partial charge in [0.25, 0.3) is 0 Å². The van der Waals surface area contributed by atoms with Crippen molar-refractivity contribution in [1.29, 1.82) is 0 Å². The Labute approximate surface area is 194 Å². The molecular formula is C25H45NO6. The van der Waals surface area contributed by atoms with Gasteiger partial charge in [0.05, 0.1) is 12.5 Å².